The van der Waals surface area contributed by atoms with Gasteiger partial charge in [0.25, 0.3) is 12.3 Å². The summed E-state index contributed by atoms with van der Waals surface area (Å²) in [7, 11) is 0. The molecule has 2 N–H and O–H groups in total. The van der Waals surface area contributed by atoms with Crippen molar-refractivity contribution in [3.8, 4) is 11.8 Å². The molecule has 3 aromatic heterocycles. The zero-order chi connectivity index (χ0) is 39.0. The third-order valence-corrected chi connectivity index (χ3v) is 11.8. The molecule has 6 fully saturated rings. The van der Waals surface area contributed by atoms with E-state index in [0.717, 1.165) is 95.0 Å². The summed E-state index contributed by atoms with van der Waals surface area (Å²) in [5, 5.41) is 13.6. The fourth-order valence-corrected chi connectivity index (χ4v) is 8.68. The van der Waals surface area contributed by atoms with Crippen molar-refractivity contribution in [2.75, 3.05) is 74.0 Å². The largest absolute Gasteiger partial charge is 0.371 e. The number of carbonyl (C=O) groups is 3. The van der Waals surface area contributed by atoms with Crippen LogP contribution in [0.1, 0.15) is 72.6 Å². The van der Waals surface area contributed by atoms with Crippen molar-refractivity contribution in [3.63, 3.8) is 0 Å². The number of hydrogen-bond acceptors (Lipinski definition) is 10. The standard InChI is InChI=1S/C40H45F2N11O4/c41-37(42)36-33(44-39(55)32-21-43-52-14-10-34(45-38(32)52)50-23-30-20-31(24-50)57-30)25-53(47-36)28-8-6-27(7-9-28)22-49-17-15-48(16-18-49)12-2-4-26-3-1-5-29(19-26)51-13-11-35(54)46-40(51)56/h1,3,5,10,14,19,21,25,27-28,30-31,37H,6-9,11-13,15-18,20,22-24H2,(H,44,55)(H,46,54,56)/t27-,28+,30?,31?. The number of carbonyl (C=O) groups excluding carboxylic acids is 3. The van der Waals surface area contributed by atoms with Crippen molar-refractivity contribution < 1.29 is 27.9 Å². The van der Waals surface area contributed by atoms with Crippen LogP contribution in [0.25, 0.3) is 5.65 Å². The van der Waals surface area contributed by atoms with Crippen molar-refractivity contribution in [1.29, 1.82) is 0 Å². The Morgan fingerprint density at radius 2 is 1.79 bits per heavy atom. The molecule has 1 aromatic carbocycles. The summed E-state index contributed by atoms with van der Waals surface area (Å²) >= 11 is 0. The SMILES string of the molecule is O=C1CCN(c2cccc(C#CCN3CCN(C[C@H]4CC[C@@H](n5cc(NC(=O)c6cnn7ccc(N8CC9CC(C8)O9)nc67)c(C(F)F)n5)CC4)CC3)c2)C(=O)N1. The summed E-state index contributed by atoms with van der Waals surface area (Å²) in [6, 6.07) is 8.93. The molecule has 5 saturated heterocycles. The number of anilines is 3. The number of piperidine rings is 1. The van der Waals surface area contributed by atoms with Crippen molar-refractivity contribution in [1.82, 2.24) is 39.5 Å². The number of alkyl halides is 2. The van der Waals surface area contributed by atoms with Gasteiger partial charge in [-0.2, -0.15) is 10.2 Å². The minimum Gasteiger partial charge on any atom is -0.371 e. The van der Waals surface area contributed by atoms with E-state index >= 15 is 0 Å². The van der Waals surface area contributed by atoms with Gasteiger partial charge in [-0.25, -0.2) is 23.1 Å². The highest BCUT2D eigenvalue weighted by Gasteiger charge is 2.39. The molecule has 15 nitrogen and oxygen atoms in total. The number of halogens is 2. The molecule has 5 aliphatic heterocycles. The Kier molecular flexibility index (Phi) is 10.3. The summed E-state index contributed by atoms with van der Waals surface area (Å²) in [5.41, 5.74) is 1.66. The number of hydrogen-bond donors (Lipinski definition) is 2. The second kappa shape index (κ2) is 15.8. The number of amides is 4. The van der Waals surface area contributed by atoms with E-state index in [1.165, 1.54) is 10.7 Å². The number of benzene rings is 1. The van der Waals surface area contributed by atoms with Crippen molar-refractivity contribution in [2.24, 2.45) is 5.92 Å². The smallest absolute Gasteiger partial charge is 0.328 e. The van der Waals surface area contributed by atoms with Crippen LogP contribution in [0.3, 0.4) is 0 Å². The quantitative estimate of drug-likeness (QED) is 0.240. The van der Waals surface area contributed by atoms with E-state index in [-0.39, 0.29) is 41.8 Å². The molecule has 10 rings (SSSR count). The molecule has 2 atom stereocenters. The number of ether oxygens (including phenoxy) is 1. The Hall–Kier alpha value is -5.44. The van der Waals surface area contributed by atoms with E-state index in [2.05, 4.69) is 47.4 Å². The van der Waals surface area contributed by atoms with Gasteiger partial charge in [0.15, 0.2) is 11.3 Å². The molecule has 0 radical (unpaired) electrons. The summed E-state index contributed by atoms with van der Waals surface area (Å²) in [5.74, 6) is 6.93. The molecule has 0 spiro atoms. The van der Waals surface area contributed by atoms with Crippen LogP contribution < -0.4 is 20.4 Å². The van der Waals surface area contributed by atoms with Crippen LogP contribution in [-0.4, -0.2) is 123 Å². The number of aromatic nitrogens is 5. The van der Waals surface area contributed by atoms with E-state index < -0.39 is 24.1 Å². The molecule has 1 aliphatic carbocycles. The first-order chi connectivity index (χ1) is 27.7. The fraction of sp³-hybridized carbons (Fsp3) is 0.500. The average Bonchev–Trinajstić information content (AvgIpc) is 3.83. The first kappa shape index (κ1) is 37.2. The number of morpholine rings is 1. The van der Waals surface area contributed by atoms with E-state index in [1.807, 2.05) is 30.3 Å². The Bertz CT molecular complexity index is 2200. The highest BCUT2D eigenvalue weighted by molar-refractivity contribution is 6.08. The monoisotopic (exact) mass is 781 g/mol. The number of fused-ring (bicyclic) bond motifs is 3. The van der Waals surface area contributed by atoms with Gasteiger partial charge in [-0.05, 0) is 55.9 Å². The van der Waals surface area contributed by atoms with Crippen molar-refractivity contribution in [3.05, 3.63) is 65.7 Å². The number of nitrogens with zero attached hydrogens (tertiary/aromatic N) is 9. The number of nitrogens with one attached hydrogen (secondary N) is 2. The molecule has 2 unspecified atom stereocenters. The van der Waals surface area contributed by atoms with Crippen LogP contribution in [0.15, 0.2) is 48.9 Å². The van der Waals surface area contributed by atoms with Gasteiger partial charge in [0, 0.05) is 88.8 Å². The van der Waals surface area contributed by atoms with Gasteiger partial charge < -0.3 is 19.9 Å². The third kappa shape index (κ3) is 8.07. The molecule has 57 heavy (non-hydrogen) atoms. The van der Waals surface area contributed by atoms with Gasteiger partial charge in [-0.1, -0.05) is 17.9 Å². The minimum atomic E-state index is -2.85. The van der Waals surface area contributed by atoms with Gasteiger partial charge in [0.2, 0.25) is 5.91 Å². The summed E-state index contributed by atoms with van der Waals surface area (Å²) < 4.78 is 37.3. The van der Waals surface area contributed by atoms with Crippen LogP contribution in [0, 0.1) is 17.8 Å². The maximum Gasteiger partial charge on any atom is 0.328 e. The molecule has 8 heterocycles. The van der Waals surface area contributed by atoms with Gasteiger partial charge in [0.1, 0.15) is 11.4 Å². The molecule has 298 valence electrons. The maximum atomic E-state index is 14.2. The lowest BCUT2D eigenvalue weighted by Gasteiger charge is -2.47. The van der Waals surface area contributed by atoms with Crippen LogP contribution >= 0.6 is 0 Å². The molecule has 6 aliphatic rings. The van der Waals surface area contributed by atoms with Gasteiger partial charge in [-0.3, -0.25) is 29.4 Å². The highest BCUT2D eigenvalue weighted by atomic mass is 19.3. The third-order valence-electron chi connectivity index (χ3n) is 11.8. The van der Waals surface area contributed by atoms with Crippen LogP contribution in [0.2, 0.25) is 0 Å². The summed E-state index contributed by atoms with van der Waals surface area (Å²) in [6.07, 6.45) is 7.16. The number of rotatable bonds is 9. The second-order valence-electron chi connectivity index (χ2n) is 15.7. The van der Waals surface area contributed by atoms with E-state index in [1.54, 1.807) is 22.0 Å². The fourth-order valence-electron chi connectivity index (χ4n) is 8.68. The zero-order valence-electron chi connectivity index (χ0n) is 31.5. The van der Waals surface area contributed by atoms with Gasteiger partial charge >= 0.3 is 6.03 Å². The molecule has 1 saturated carbocycles. The zero-order valence-corrected chi connectivity index (χ0v) is 31.5. The first-order valence-electron chi connectivity index (χ1n) is 19.8. The first-order valence-corrected chi connectivity index (χ1v) is 19.8. The predicted octanol–water partition coefficient (Wildman–Crippen LogP) is 3.94. The Morgan fingerprint density at radius 1 is 1.02 bits per heavy atom. The molecule has 4 aromatic rings. The highest BCUT2D eigenvalue weighted by Crippen LogP contribution is 2.36. The number of imide groups is 1. The number of piperazine rings is 1. The summed E-state index contributed by atoms with van der Waals surface area (Å²) in [4.78, 5) is 50.5. The maximum absolute atomic E-state index is 14.2. The lowest BCUT2D eigenvalue weighted by atomic mass is 9.85. The summed E-state index contributed by atoms with van der Waals surface area (Å²) in [6.45, 7) is 7.23. The molecule has 4 amide bonds. The van der Waals surface area contributed by atoms with E-state index in [9.17, 15) is 23.2 Å². The van der Waals surface area contributed by atoms with Crippen molar-refractivity contribution >= 4 is 40.7 Å². The minimum absolute atomic E-state index is 0.00204. The Morgan fingerprint density at radius 3 is 2.54 bits per heavy atom. The van der Waals surface area contributed by atoms with Crippen LogP contribution in [0.5, 0.6) is 0 Å². The normalized spacial score (nSPS) is 24.3. The van der Waals surface area contributed by atoms with E-state index in [4.69, 9.17) is 9.72 Å². The lowest BCUT2D eigenvalue weighted by molar-refractivity contribution is -0.133. The number of urea groups is 1. The van der Waals surface area contributed by atoms with Crippen molar-refractivity contribution in [2.45, 2.75) is 63.2 Å². The molecular formula is C40H45F2N11O4. The lowest BCUT2D eigenvalue weighted by Crippen LogP contribution is -2.57. The molecular weight excluding hydrogens is 737 g/mol. The van der Waals surface area contributed by atoms with Gasteiger partial charge in [-0.15, -0.1) is 0 Å². The Balaban J connectivity index is 0.749. The van der Waals surface area contributed by atoms with Crippen LogP contribution in [-0.2, 0) is 9.53 Å². The second-order valence-corrected chi connectivity index (χ2v) is 15.7. The topological polar surface area (TPSA) is 145 Å². The van der Waals surface area contributed by atoms with E-state index in [0.29, 0.717) is 24.7 Å². The predicted molar refractivity (Wildman–Crippen MR) is 206 cm³/mol. The molecule has 17 heteroatoms. The average molecular weight is 782 g/mol. The Labute approximate surface area is 328 Å². The van der Waals surface area contributed by atoms with Gasteiger partial charge in [0.05, 0.1) is 36.7 Å². The molecule has 2 bridgehead atoms. The van der Waals surface area contributed by atoms with Crippen LogP contribution in [0.4, 0.5) is 30.8 Å².